The summed E-state index contributed by atoms with van der Waals surface area (Å²) in [5.41, 5.74) is 1.97. The molecule has 0 unspecified atom stereocenters. The summed E-state index contributed by atoms with van der Waals surface area (Å²) in [6, 6.07) is 15.8. The van der Waals surface area contributed by atoms with Crippen LogP contribution in [0.5, 0.6) is 0 Å². The number of benzene rings is 2. The van der Waals surface area contributed by atoms with Crippen molar-refractivity contribution in [3.8, 4) is 0 Å². The number of likely N-dealkylation sites (N-methyl/N-ethyl adjacent to an activating group) is 1. The predicted octanol–water partition coefficient (Wildman–Crippen LogP) is 2.76. The molecule has 0 saturated heterocycles. The van der Waals surface area contributed by atoms with Gasteiger partial charge in [-0.1, -0.05) is 30.3 Å². The van der Waals surface area contributed by atoms with Crippen LogP contribution in [0.1, 0.15) is 5.56 Å². The molecule has 0 fully saturated rings. The average Bonchev–Trinajstić information content (AvgIpc) is 2.55. The van der Waals surface area contributed by atoms with E-state index in [0.717, 1.165) is 11.3 Å². The van der Waals surface area contributed by atoms with Crippen molar-refractivity contribution in [3.05, 3.63) is 66.0 Å². The fourth-order valence-electron chi connectivity index (χ4n) is 2.00. The maximum Gasteiger partial charge on any atom is 0.315 e. The molecule has 22 heavy (non-hydrogen) atoms. The smallest absolute Gasteiger partial charge is 0.315 e. The van der Waals surface area contributed by atoms with Crippen molar-refractivity contribution >= 4 is 11.7 Å². The molecule has 0 radical (unpaired) electrons. The molecular weight excluding hydrogens is 281 g/mol. The molecule has 2 amide bonds. The number of urea groups is 1. The van der Waals surface area contributed by atoms with E-state index in [9.17, 15) is 9.18 Å². The number of para-hydroxylation sites is 1. The SMILES string of the molecule is CN(CCNC(=O)NCc1ccc(F)cc1)c1ccccc1. The summed E-state index contributed by atoms with van der Waals surface area (Å²) in [6.07, 6.45) is 0. The van der Waals surface area contributed by atoms with Crippen LogP contribution in [-0.4, -0.2) is 26.2 Å². The highest BCUT2D eigenvalue weighted by Gasteiger charge is 2.03. The van der Waals surface area contributed by atoms with Gasteiger partial charge in [-0.3, -0.25) is 0 Å². The average molecular weight is 301 g/mol. The molecule has 0 aliphatic rings. The zero-order valence-corrected chi connectivity index (χ0v) is 12.6. The number of carbonyl (C=O) groups is 1. The first kappa shape index (κ1) is 15.8. The molecule has 2 aromatic carbocycles. The van der Waals surface area contributed by atoms with Crippen molar-refractivity contribution < 1.29 is 9.18 Å². The van der Waals surface area contributed by atoms with E-state index in [1.807, 2.05) is 37.4 Å². The molecule has 0 heterocycles. The standard InChI is InChI=1S/C17H20FN3O/c1-21(16-5-3-2-4-6-16)12-11-19-17(22)20-13-14-7-9-15(18)10-8-14/h2-10H,11-13H2,1H3,(H2,19,20,22). The van der Waals surface area contributed by atoms with Crippen molar-refractivity contribution in [1.82, 2.24) is 10.6 Å². The quantitative estimate of drug-likeness (QED) is 0.861. The fourth-order valence-corrected chi connectivity index (χ4v) is 2.00. The second-order valence-electron chi connectivity index (χ2n) is 4.99. The van der Waals surface area contributed by atoms with Gasteiger partial charge in [-0.15, -0.1) is 0 Å². The van der Waals surface area contributed by atoms with E-state index >= 15 is 0 Å². The molecule has 5 heteroatoms. The number of amides is 2. The first-order chi connectivity index (χ1) is 10.6. The number of halogens is 1. The maximum absolute atomic E-state index is 12.8. The van der Waals surface area contributed by atoms with E-state index in [1.54, 1.807) is 12.1 Å². The second kappa shape index (κ2) is 8.02. The lowest BCUT2D eigenvalue weighted by molar-refractivity contribution is 0.241. The number of carbonyl (C=O) groups excluding carboxylic acids is 1. The van der Waals surface area contributed by atoms with Crippen LogP contribution in [0.3, 0.4) is 0 Å². The summed E-state index contributed by atoms with van der Waals surface area (Å²) in [7, 11) is 1.98. The van der Waals surface area contributed by atoms with Crippen LogP contribution in [0.15, 0.2) is 54.6 Å². The summed E-state index contributed by atoms with van der Waals surface area (Å²) in [5.74, 6) is -0.280. The Bertz CT molecular complexity index is 587. The summed E-state index contributed by atoms with van der Waals surface area (Å²) in [6.45, 7) is 1.63. The second-order valence-corrected chi connectivity index (χ2v) is 4.99. The van der Waals surface area contributed by atoms with E-state index < -0.39 is 0 Å². The van der Waals surface area contributed by atoms with Gasteiger partial charge < -0.3 is 15.5 Å². The van der Waals surface area contributed by atoms with Gasteiger partial charge in [-0.2, -0.15) is 0 Å². The number of nitrogens with one attached hydrogen (secondary N) is 2. The van der Waals surface area contributed by atoms with Crippen LogP contribution in [0, 0.1) is 5.82 Å². The summed E-state index contributed by atoms with van der Waals surface area (Å²) < 4.78 is 12.8. The van der Waals surface area contributed by atoms with Crippen LogP contribution in [0.4, 0.5) is 14.9 Å². The lowest BCUT2D eigenvalue weighted by Gasteiger charge is -2.19. The normalized spacial score (nSPS) is 10.1. The van der Waals surface area contributed by atoms with Gasteiger partial charge in [-0.05, 0) is 29.8 Å². The molecule has 2 aromatic rings. The van der Waals surface area contributed by atoms with Gasteiger partial charge in [-0.25, -0.2) is 9.18 Å². The molecule has 0 aliphatic carbocycles. The fraction of sp³-hybridized carbons (Fsp3) is 0.235. The van der Waals surface area contributed by atoms with Gasteiger partial charge in [0.05, 0.1) is 0 Å². The van der Waals surface area contributed by atoms with E-state index in [-0.39, 0.29) is 11.8 Å². The predicted molar refractivity (Wildman–Crippen MR) is 86.4 cm³/mol. The number of nitrogens with zero attached hydrogens (tertiary/aromatic N) is 1. The Kier molecular flexibility index (Phi) is 5.77. The molecule has 0 bridgehead atoms. The molecule has 4 nitrogen and oxygen atoms in total. The topological polar surface area (TPSA) is 44.4 Å². The Morgan fingerprint density at radius 3 is 2.41 bits per heavy atom. The van der Waals surface area contributed by atoms with Crippen LogP contribution < -0.4 is 15.5 Å². The third-order valence-corrected chi connectivity index (χ3v) is 3.30. The zero-order valence-electron chi connectivity index (χ0n) is 12.6. The van der Waals surface area contributed by atoms with Crippen LogP contribution in [0.2, 0.25) is 0 Å². The van der Waals surface area contributed by atoms with Crippen molar-refractivity contribution in [2.45, 2.75) is 6.54 Å². The molecular formula is C17H20FN3O. The number of hydrogen-bond acceptors (Lipinski definition) is 2. The Balaban J connectivity index is 1.66. The third kappa shape index (κ3) is 5.09. The third-order valence-electron chi connectivity index (χ3n) is 3.30. The van der Waals surface area contributed by atoms with Crippen molar-refractivity contribution in [2.75, 3.05) is 25.0 Å². The van der Waals surface area contributed by atoms with E-state index in [1.165, 1.54) is 12.1 Å². The summed E-state index contributed by atoms with van der Waals surface area (Å²) in [4.78, 5) is 13.8. The Morgan fingerprint density at radius 1 is 1.05 bits per heavy atom. The highest BCUT2D eigenvalue weighted by molar-refractivity contribution is 5.73. The minimum absolute atomic E-state index is 0.231. The minimum Gasteiger partial charge on any atom is -0.373 e. The number of rotatable bonds is 6. The van der Waals surface area contributed by atoms with Gasteiger partial charge in [0, 0.05) is 32.4 Å². The highest BCUT2D eigenvalue weighted by Crippen LogP contribution is 2.09. The molecule has 2 rings (SSSR count). The molecule has 0 saturated carbocycles. The van der Waals surface area contributed by atoms with Crippen LogP contribution in [0.25, 0.3) is 0 Å². The highest BCUT2D eigenvalue weighted by atomic mass is 19.1. The first-order valence-electron chi connectivity index (χ1n) is 7.17. The van der Waals surface area contributed by atoms with E-state index in [2.05, 4.69) is 15.5 Å². The molecule has 2 N–H and O–H groups in total. The van der Waals surface area contributed by atoms with E-state index in [0.29, 0.717) is 19.6 Å². The van der Waals surface area contributed by atoms with Gasteiger partial charge in [0.1, 0.15) is 5.82 Å². The Labute approximate surface area is 129 Å². The van der Waals surface area contributed by atoms with Gasteiger partial charge in [0.25, 0.3) is 0 Å². The first-order valence-corrected chi connectivity index (χ1v) is 7.17. The van der Waals surface area contributed by atoms with Crippen LogP contribution >= 0.6 is 0 Å². The van der Waals surface area contributed by atoms with Crippen molar-refractivity contribution in [1.29, 1.82) is 0 Å². The monoisotopic (exact) mass is 301 g/mol. The van der Waals surface area contributed by atoms with Gasteiger partial charge in [0.15, 0.2) is 0 Å². The van der Waals surface area contributed by atoms with Crippen molar-refractivity contribution in [2.24, 2.45) is 0 Å². The molecule has 0 aliphatic heterocycles. The lowest BCUT2D eigenvalue weighted by atomic mass is 10.2. The zero-order chi connectivity index (χ0) is 15.8. The lowest BCUT2D eigenvalue weighted by Crippen LogP contribution is -2.39. The molecule has 0 spiro atoms. The summed E-state index contributed by atoms with van der Waals surface area (Å²) in [5, 5.41) is 5.54. The van der Waals surface area contributed by atoms with Gasteiger partial charge in [0.2, 0.25) is 0 Å². The molecule has 0 aromatic heterocycles. The van der Waals surface area contributed by atoms with Crippen molar-refractivity contribution in [3.63, 3.8) is 0 Å². The largest absolute Gasteiger partial charge is 0.373 e. The minimum atomic E-state index is -0.280. The maximum atomic E-state index is 12.8. The molecule has 0 atom stereocenters. The summed E-state index contributed by atoms with van der Waals surface area (Å²) >= 11 is 0. The van der Waals surface area contributed by atoms with Gasteiger partial charge >= 0.3 is 6.03 Å². The Hall–Kier alpha value is -2.56. The number of hydrogen-bond donors (Lipinski definition) is 2. The Morgan fingerprint density at radius 2 is 1.73 bits per heavy atom. The number of anilines is 1. The van der Waals surface area contributed by atoms with E-state index in [4.69, 9.17) is 0 Å². The van der Waals surface area contributed by atoms with Crippen LogP contribution in [-0.2, 0) is 6.54 Å². The molecule has 116 valence electrons.